The summed E-state index contributed by atoms with van der Waals surface area (Å²) in [5, 5.41) is 20.1. The smallest absolute Gasteiger partial charge is 0.407 e. The highest BCUT2D eigenvalue weighted by atomic mass is 35.5. The van der Waals surface area contributed by atoms with Crippen molar-refractivity contribution in [1.82, 2.24) is 4.90 Å². The third-order valence-electron chi connectivity index (χ3n) is 4.18. The van der Waals surface area contributed by atoms with Crippen LogP contribution in [0.3, 0.4) is 0 Å². The number of aliphatic hydroxyl groups is 1. The van der Waals surface area contributed by atoms with Crippen LogP contribution in [0.2, 0.25) is 10.0 Å². The number of amides is 1. The van der Waals surface area contributed by atoms with Gasteiger partial charge < -0.3 is 15.1 Å². The van der Waals surface area contributed by atoms with Gasteiger partial charge in [-0.3, -0.25) is 0 Å². The number of nitrogens with zero attached hydrogens (tertiary/aromatic N) is 1. The van der Waals surface area contributed by atoms with Crippen LogP contribution in [-0.2, 0) is 0 Å². The molecule has 3 atom stereocenters. The van der Waals surface area contributed by atoms with Crippen molar-refractivity contribution < 1.29 is 15.0 Å². The number of likely N-dealkylation sites (tertiary alicyclic amines) is 1. The van der Waals surface area contributed by atoms with E-state index >= 15 is 0 Å². The fourth-order valence-electron chi connectivity index (χ4n) is 3.12. The molecule has 1 heterocycles. The molecule has 1 amide bonds. The molecular weight excluding hydrogens is 289 g/mol. The lowest BCUT2D eigenvalue weighted by Crippen LogP contribution is -2.30. The minimum absolute atomic E-state index is 0.132. The Labute approximate surface area is 120 Å². The topological polar surface area (TPSA) is 60.8 Å². The second-order valence-electron chi connectivity index (χ2n) is 5.21. The van der Waals surface area contributed by atoms with E-state index in [-0.39, 0.29) is 17.8 Å². The molecule has 1 aliphatic carbocycles. The fraction of sp³-hybridized carbons (Fsp3) is 0.462. The number of carboxylic acid groups (broad SMARTS) is 1. The van der Waals surface area contributed by atoms with E-state index in [2.05, 4.69) is 0 Å². The number of rotatable bonds is 2. The van der Waals surface area contributed by atoms with Crippen LogP contribution in [0, 0.1) is 17.8 Å². The van der Waals surface area contributed by atoms with Crippen molar-refractivity contribution in [2.75, 3.05) is 13.1 Å². The van der Waals surface area contributed by atoms with Gasteiger partial charge >= 0.3 is 6.09 Å². The average molecular weight is 302 g/mol. The highest BCUT2D eigenvalue weighted by Gasteiger charge is 2.59. The molecule has 3 rings (SSSR count). The molecule has 2 N–H and O–H groups in total. The summed E-state index contributed by atoms with van der Waals surface area (Å²) in [4.78, 5) is 12.2. The van der Waals surface area contributed by atoms with Gasteiger partial charge in [0, 0.05) is 13.1 Å². The zero-order valence-corrected chi connectivity index (χ0v) is 11.5. The molecule has 2 aliphatic rings. The van der Waals surface area contributed by atoms with Gasteiger partial charge in [0.2, 0.25) is 0 Å². The highest BCUT2D eigenvalue weighted by Crippen LogP contribution is 2.57. The standard InChI is InChI=1S/C13H13Cl2NO3/c14-9-2-1-6(3-10(9)15)12(17)11-7-4-16(13(18)19)5-8(7)11/h1-3,7-8,11-12,17H,4-5H2,(H,18,19). The largest absolute Gasteiger partial charge is 0.465 e. The van der Waals surface area contributed by atoms with Crippen LogP contribution in [0.15, 0.2) is 18.2 Å². The zero-order chi connectivity index (χ0) is 13.7. The fourth-order valence-corrected chi connectivity index (χ4v) is 3.42. The first kappa shape index (κ1) is 13.0. The van der Waals surface area contributed by atoms with Crippen LogP contribution >= 0.6 is 23.2 Å². The number of carbonyl (C=O) groups is 1. The molecule has 1 aromatic rings. The Morgan fingerprint density at radius 1 is 1.26 bits per heavy atom. The minimum Gasteiger partial charge on any atom is -0.465 e. The number of hydrogen-bond donors (Lipinski definition) is 2. The summed E-state index contributed by atoms with van der Waals surface area (Å²) in [6, 6.07) is 5.11. The molecule has 6 heteroatoms. The van der Waals surface area contributed by atoms with E-state index < -0.39 is 12.2 Å². The quantitative estimate of drug-likeness (QED) is 0.883. The molecule has 1 saturated heterocycles. The summed E-state index contributed by atoms with van der Waals surface area (Å²) in [5.41, 5.74) is 0.746. The molecule has 0 spiro atoms. The number of benzene rings is 1. The second-order valence-corrected chi connectivity index (χ2v) is 6.03. The molecule has 19 heavy (non-hydrogen) atoms. The van der Waals surface area contributed by atoms with Gasteiger partial charge in [-0.1, -0.05) is 29.3 Å². The molecule has 0 aromatic heterocycles. The Morgan fingerprint density at radius 2 is 1.89 bits per heavy atom. The summed E-state index contributed by atoms with van der Waals surface area (Å²) in [6.07, 6.45) is -1.48. The predicted octanol–water partition coefficient (Wildman–Crippen LogP) is 2.88. The van der Waals surface area contributed by atoms with Crippen LogP contribution in [0.4, 0.5) is 4.79 Å². The van der Waals surface area contributed by atoms with Gasteiger partial charge in [0.15, 0.2) is 0 Å². The number of piperidine rings is 1. The van der Waals surface area contributed by atoms with Gasteiger partial charge in [0.25, 0.3) is 0 Å². The second kappa shape index (κ2) is 4.54. The highest BCUT2D eigenvalue weighted by molar-refractivity contribution is 6.42. The molecule has 0 bridgehead atoms. The maximum absolute atomic E-state index is 10.8. The number of aliphatic hydroxyl groups excluding tert-OH is 1. The summed E-state index contributed by atoms with van der Waals surface area (Å²) >= 11 is 11.8. The van der Waals surface area contributed by atoms with Crippen molar-refractivity contribution in [2.45, 2.75) is 6.10 Å². The van der Waals surface area contributed by atoms with Crippen molar-refractivity contribution in [3.05, 3.63) is 33.8 Å². The molecule has 102 valence electrons. The van der Waals surface area contributed by atoms with E-state index in [4.69, 9.17) is 28.3 Å². The Bertz CT molecular complexity index is 525. The predicted molar refractivity (Wildman–Crippen MR) is 71.5 cm³/mol. The third-order valence-corrected chi connectivity index (χ3v) is 4.92. The number of halogens is 2. The summed E-state index contributed by atoms with van der Waals surface area (Å²) in [6.45, 7) is 1.03. The lowest BCUT2D eigenvalue weighted by Gasteiger charge is -2.19. The third kappa shape index (κ3) is 2.18. The summed E-state index contributed by atoms with van der Waals surface area (Å²) in [7, 11) is 0. The molecule has 3 unspecified atom stereocenters. The van der Waals surface area contributed by atoms with Crippen LogP contribution in [0.25, 0.3) is 0 Å². The number of hydrogen-bond acceptors (Lipinski definition) is 2. The molecule has 1 aliphatic heterocycles. The minimum atomic E-state index is -0.880. The lowest BCUT2D eigenvalue weighted by molar-refractivity contribution is 0.115. The molecule has 1 aromatic carbocycles. The molecule has 2 fully saturated rings. The van der Waals surface area contributed by atoms with E-state index in [9.17, 15) is 9.90 Å². The van der Waals surface area contributed by atoms with Gasteiger partial charge in [-0.25, -0.2) is 4.79 Å². The van der Waals surface area contributed by atoms with E-state index in [1.807, 2.05) is 0 Å². The molecule has 0 radical (unpaired) electrons. The van der Waals surface area contributed by atoms with Crippen molar-refractivity contribution in [1.29, 1.82) is 0 Å². The first-order valence-corrected chi connectivity index (χ1v) is 6.85. The maximum atomic E-state index is 10.8. The maximum Gasteiger partial charge on any atom is 0.407 e. The first-order valence-electron chi connectivity index (χ1n) is 6.10. The molecule has 1 saturated carbocycles. The molecular formula is C13H13Cl2NO3. The Hall–Kier alpha value is -0.970. The van der Waals surface area contributed by atoms with Gasteiger partial charge in [-0.2, -0.15) is 0 Å². The zero-order valence-electron chi connectivity index (χ0n) is 9.96. The monoisotopic (exact) mass is 301 g/mol. The van der Waals surface area contributed by atoms with Crippen LogP contribution in [0.5, 0.6) is 0 Å². The number of fused-ring (bicyclic) bond motifs is 1. The Morgan fingerprint density at radius 3 is 2.42 bits per heavy atom. The summed E-state index contributed by atoms with van der Waals surface area (Å²) < 4.78 is 0. The van der Waals surface area contributed by atoms with E-state index in [1.54, 1.807) is 18.2 Å². The van der Waals surface area contributed by atoms with E-state index in [0.29, 0.717) is 23.1 Å². The van der Waals surface area contributed by atoms with E-state index in [1.165, 1.54) is 4.90 Å². The van der Waals surface area contributed by atoms with Crippen molar-refractivity contribution in [3.8, 4) is 0 Å². The SMILES string of the molecule is O=C(O)N1CC2C(C1)C2C(O)c1ccc(Cl)c(Cl)c1. The van der Waals surface area contributed by atoms with Crippen LogP contribution < -0.4 is 0 Å². The van der Waals surface area contributed by atoms with Crippen molar-refractivity contribution >= 4 is 29.3 Å². The van der Waals surface area contributed by atoms with Crippen molar-refractivity contribution in [3.63, 3.8) is 0 Å². The van der Waals surface area contributed by atoms with Gasteiger partial charge in [-0.15, -0.1) is 0 Å². The normalized spacial score (nSPS) is 30.1. The lowest BCUT2D eigenvalue weighted by atomic mass is 10.0. The van der Waals surface area contributed by atoms with Crippen molar-refractivity contribution in [2.24, 2.45) is 17.8 Å². The van der Waals surface area contributed by atoms with Gasteiger partial charge in [0.05, 0.1) is 16.1 Å². The van der Waals surface area contributed by atoms with Gasteiger partial charge in [-0.05, 0) is 35.4 Å². The van der Waals surface area contributed by atoms with Crippen LogP contribution in [0.1, 0.15) is 11.7 Å². The van der Waals surface area contributed by atoms with E-state index in [0.717, 1.165) is 5.56 Å². The Kier molecular flexibility index (Phi) is 3.12. The van der Waals surface area contributed by atoms with Crippen LogP contribution in [-0.4, -0.2) is 34.3 Å². The Balaban J connectivity index is 1.69. The molecule has 4 nitrogen and oxygen atoms in total. The average Bonchev–Trinajstić information content (AvgIpc) is 2.85. The first-order chi connectivity index (χ1) is 8.99. The van der Waals surface area contributed by atoms with Gasteiger partial charge in [0.1, 0.15) is 0 Å². The summed E-state index contributed by atoms with van der Waals surface area (Å²) in [5.74, 6) is 0.661.